The molecule has 0 radical (unpaired) electrons. The first-order chi connectivity index (χ1) is 34.2. The zero-order valence-electron chi connectivity index (χ0n) is 41.9. The van der Waals surface area contributed by atoms with Crippen LogP contribution in [0.4, 0.5) is 26.3 Å². The molecule has 2 heterocycles. The Kier molecular flexibility index (Phi) is 26.1. The van der Waals surface area contributed by atoms with E-state index in [9.17, 15) is 40.7 Å². The van der Waals surface area contributed by atoms with Gasteiger partial charge in [-0.25, -0.2) is 0 Å². The Morgan fingerprint density at radius 3 is 1.38 bits per heavy atom. The molecule has 0 spiro atoms. The van der Waals surface area contributed by atoms with Gasteiger partial charge in [0.25, 0.3) is 0 Å². The van der Waals surface area contributed by atoms with Gasteiger partial charge in [-0.15, -0.1) is 24.0 Å². The minimum absolute atomic E-state index is 0. The summed E-state index contributed by atoms with van der Waals surface area (Å²) in [6.45, 7) is 18.8. The zero-order valence-corrected chi connectivity index (χ0v) is 47.8. The minimum atomic E-state index is -4.80. The molecule has 0 saturated carbocycles. The number of rotatable bonds is 21. The van der Waals surface area contributed by atoms with Crippen molar-refractivity contribution < 1.29 is 59.0 Å². The molecule has 6 aromatic rings. The molecule has 9 nitrogen and oxygen atoms in total. The number of fused-ring (bicyclic) bond motifs is 2. The van der Waals surface area contributed by atoms with Crippen molar-refractivity contribution in [3.63, 3.8) is 0 Å². The van der Waals surface area contributed by atoms with E-state index in [1.54, 1.807) is 71.1 Å². The fourth-order valence-corrected chi connectivity index (χ4v) is 9.50. The first-order valence-electron chi connectivity index (χ1n) is 23.9. The van der Waals surface area contributed by atoms with Gasteiger partial charge in [0.05, 0.1) is 23.8 Å². The number of furan rings is 2. The summed E-state index contributed by atoms with van der Waals surface area (Å²) in [5, 5.41) is 1.17. The summed E-state index contributed by atoms with van der Waals surface area (Å²) < 4.78 is 105. The molecule has 0 atom stereocenters. The van der Waals surface area contributed by atoms with Gasteiger partial charge >= 0.3 is 18.3 Å². The van der Waals surface area contributed by atoms with Crippen molar-refractivity contribution >= 4 is 109 Å². The normalized spacial score (nSPS) is 11.5. The van der Waals surface area contributed by atoms with Crippen LogP contribution in [-0.4, -0.2) is 79.1 Å². The third-order valence-corrected chi connectivity index (χ3v) is 13.4. The number of likely N-dealkylation sites (N-methyl/N-ethyl adjacent to an activating group) is 1. The number of ether oxygens (including phenoxy) is 2. The number of ketones is 2. The van der Waals surface area contributed by atoms with E-state index >= 15 is 0 Å². The second-order valence-corrected chi connectivity index (χ2v) is 19.2. The van der Waals surface area contributed by atoms with Crippen LogP contribution in [-0.2, 0) is 30.0 Å². The van der Waals surface area contributed by atoms with E-state index < -0.39 is 46.8 Å². The second-order valence-electron chi connectivity index (χ2n) is 16.5. The number of carbonyl (C=O) groups is 3. The summed E-state index contributed by atoms with van der Waals surface area (Å²) >= 11 is 8.96. The van der Waals surface area contributed by atoms with E-state index in [1.165, 1.54) is 12.1 Å². The molecule has 0 N–H and O–H groups in total. The Balaban J connectivity index is 0.000000333. The number of esters is 1. The molecule has 0 amide bonds. The van der Waals surface area contributed by atoms with Crippen LogP contribution < -0.4 is 9.47 Å². The molecule has 2 aromatic heterocycles. The Morgan fingerprint density at radius 1 is 0.616 bits per heavy atom. The Morgan fingerprint density at radius 2 is 1.01 bits per heavy atom. The number of unbranched alkanes of at least 4 members (excludes halogenated alkanes) is 2. The third-order valence-electron chi connectivity index (χ3n) is 11.6. The average Bonchev–Trinajstić information content (AvgIpc) is 3.91. The number of carbonyl (C=O) groups excluding carboxylic acids is 3. The molecule has 0 aliphatic heterocycles. The highest BCUT2D eigenvalue weighted by atomic mass is 127. The van der Waals surface area contributed by atoms with Gasteiger partial charge in [0.1, 0.15) is 40.6 Å². The minimum Gasteiger partial charge on any atom is -0.491 e. The van der Waals surface area contributed by atoms with Crippen molar-refractivity contribution in [2.24, 2.45) is 0 Å². The molecular weight excluding hydrogens is 1230 g/mol. The summed E-state index contributed by atoms with van der Waals surface area (Å²) in [6.07, 6.45) is -5.06. The quantitative estimate of drug-likeness (QED) is 0.0174. The van der Waals surface area contributed by atoms with Crippen molar-refractivity contribution in [1.29, 1.82) is 0 Å². The zero-order chi connectivity index (χ0) is 53.3. The number of benzene rings is 4. The van der Waals surface area contributed by atoms with Crippen molar-refractivity contribution in [3.05, 3.63) is 125 Å². The lowest BCUT2D eigenvalue weighted by molar-refractivity contribution is -0.142. The van der Waals surface area contributed by atoms with Crippen LogP contribution in [0.2, 0.25) is 0 Å². The maximum atomic E-state index is 14.0. The number of alkyl halides is 7. The molecule has 400 valence electrons. The Hall–Kier alpha value is -3.89. The maximum absolute atomic E-state index is 14.0. The molecule has 6 rings (SSSR count). The molecule has 19 heteroatoms. The summed E-state index contributed by atoms with van der Waals surface area (Å²) in [5.41, 5.74) is -0.621. The van der Waals surface area contributed by atoms with E-state index in [0.717, 1.165) is 83.3 Å². The lowest BCUT2D eigenvalue weighted by Gasteiger charge is -2.21. The maximum Gasteiger partial charge on any atom is 0.420 e. The van der Waals surface area contributed by atoms with Crippen LogP contribution in [0.3, 0.4) is 0 Å². The van der Waals surface area contributed by atoms with Gasteiger partial charge < -0.3 is 28.1 Å². The van der Waals surface area contributed by atoms with Crippen molar-refractivity contribution in [1.82, 2.24) is 9.80 Å². The topological polar surface area (TPSA) is 102 Å². The third kappa shape index (κ3) is 17.3. The Bertz CT molecular complexity index is 2750. The van der Waals surface area contributed by atoms with E-state index in [0.29, 0.717) is 58.4 Å². The van der Waals surface area contributed by atoms with Gasteiger partial charge in [0, 0.05) is 60.6 Å². The van der Waals surface area contributed by atoms with E-state index in [4.69, 9.17) is 29.9 Å². The molecular formula is C54H62Cl2F6I2N2O7. The Labute approximate surface area is 461 Å². The second kappa shape index (κ2) is 30.0. The number of para-hydroxylation sites is 2. The van der Waals surface area contributed by atoms with Crippen molar-refractivity contribution in [2.75, 3.05) is 51.8 Å². The van der Waals surface area contributed by atoms with Crippen molar-refractivity contribution in [3.8, 4) is 11.5 Å². The number of halogens is 10. The predicted molar refractivity (Wildman–Crippen MR) is 295 cm³/mol. The highest BCUT2D eigenvalue weighted by Gasteiger charge is 2.39. The molecule has 0 aliphatic rings. The highest BCUT2D eigenvalue weighted by molar-refractivity contribution is 14.1. The van der Waals surface area contributed by atoms with Gasteiger partial charge in [-0.2, -0.15) is 26.3 Å². The molecule has 4 aromatic carbocycles. The first kappa shape index (κ1) is 63.4. The van der Waals surface area contributed by atoms with Gasteiger partial charge in [-0.3, -0.25) is 14.4 Å². The van der Waals surface area contributed by atoms with Crippen LogP contribution in [0.5, 0.6) is 11.5 Å². The molecule has 0 bridgehead atoms. The largest absolute Gasteiger partial charge is 0.491 e. The summed E-state index contributed by atoms with van der Waals surface area (Å²) in [4.78, 5) is 42.5. The number of hydrogen-bond acceptors (Lipinski definition) is 9. The predicted octanol–water partition coefficient (Wildman–Crippen LogP) is 15.9. The van der Waals surface area contributed by atoms with Gasteiger partial charge in [0.2, 0.25) is 0 Å². The average molecular weight is 1290 g/mol. The van der Waals surface area contributed by atoms with Crippen LogP contribution in [0.15, 0.2) is 81.6 Å². The van der Waals surface area contributed by atoms with Crippen molar-refractivity contribution in [2.45, 2.75) is 99.3 Å². The highest BCUT2D eigenvalue weighted by Crippen LogP contribution is 2.43. The van der Waals surface area contributed by atoms with E-state index in [-0.39, 0.29) is 48.6 Å². The van der Waals surface area contributed by atoms with Crippen LogP contribution >= 0.6 is 69.2 Å². The monoisotopic (exact) mass is 1290 g/mol. The number of nitrogens with zero attached hydrogens (tertiary/aromatic N) is 2. The lowest BCUT2D eigenvalue weighted by atomic mass is 9.96. The van der Waals surface area contributed by atoms with E-state index in [1.807, 2.05) is 50.3 Å². The smallest absolute Gasteiger partial charge is 0.420 e. The van der Waals surface area contributed by atoms with Gasteiger partial charge in [0.15, 0.2) is 17.3 Å². The number of hydrogen-bond donors (Lipinski definition) is 0. The fourth-order valence-electron chi connectivity index (χ4n) is 7.75. The van der Waals surface area contributed by atoms with E-state index in [2.05, 4.69) is 23.6 Å². The molecule has 73 heavy (non-hydrogen) atoms. The van der Waals surface area contributed by atoms with Gasteiger partial charge in [-0.1, -0.05) is 90.8 Å². The first-order valence-corrected chi connectivity index (χ1v) is 26.6. The number of aryl methyl sites for hydroxylation is 2. The molecule has 0 unspecified atom stereocenters. The van der Waals surface area contributed by atoms with Crippen LogP contribution in [0.25, 0.3) is 21.9 Å². The summed E-state index contributed by atoms with van der Waals surface area (Å²) in [5.74, 6) is -1.04. The van der Waals surface area contributed by atoms with Crippen LogP contribution in [0.1, 0.15) is 129 Å². The summed E-state index contributed by atoms with van der Waals surface area (Å²) in [7, 11) is 0. The summed E-state index contributed by atoms with van der Waals surface area (Å²) in [6, 6.07) is 18.5. The molecule has 0 aliphatic carbocycles. The SMILES string of the molecule is CCCCc1oc2ccccc2c1C(=O)c1cc(I)c(OC(C)=O)c(C(F)(F)F)c1.CCCCc1oc2ccccc2c1C(=O)c1cc(I)c(OCCN(CC)CC)c(C(F)(F)F)c1.CCN(CC)CCCl.Cl. The van der Waals surface area contributed by atoms with Gasteiger partial charge in [-0.05, 0) is 121 Å². The molecule has 0 saturated heterocycles. The fraction of sp³-hybridized carbons (Fsp3) is 0.426. The molecule has 0 fully saturated rings. The standard InChI is InChI=1S/C26H29F3INO3.C22H18F3IO4.C6H14ClN.ClH/c1-4-7-11-22-23(18-10-8-9-12-21(18)34-22)24(32)17-15-19(26(27,28)29)25(20(30)16-17)33-14-13-31(5-2)6-3;1-3-4-8-18-19(14-7-5-6-9-17(14)30-18)20(28)13-10-15(22(23,24)25)21(16(26)11-13)29-12(2)27;1-3-8(4-2)6-5-7;/h8-10,12,15-16H,4-7,11,13-14H2,1-3H3;5-7,9-11H,3-4,8H2,1-2H3;3-6H2,1-2H3;1H. The lowest BCUT2D eigenvalue weighted by Crippen LogP contribution is -2.28. The van der Waals surface area contributed by atoms with Crippen LogP contribution in [0, 0.1) is 7.14 Å².